The van der Waals surface area contributed by atoms with Gasteiger partial charge in [0.05, 0.1) is 30.2 Å². The average molecular weight is 662 g/mol. The molecule has 1 saturated heterocycles. The van der Waals surface area contributed by atoms with Crippen LogP contribution in [0.3, 0.4) is 0 Å². The summed E-state index contributed by atoms with van der Waals surface area (Å²) in [7, 11) is 0. The zero-order chi connectivity index (χ0) is 33.9. The number of anilines is 1. The van der Waals surface area contributed by atoms with Crippen LogP contribution in [0, 0.1) is 17.5 Å². The molecule has 12 heteroatoms. The lowest BCUT2D eigenvalue weighted by molar-refractivity contribution is -0.117. The number of pyridine rings is 1. The first-order valence-electron chi connectivity index (χ1n) is 15.8. The van der Waals surface area contributed by atoms with Gasteiger partial charge in [-0.2, -0.15) is 0 Å². The number of ether oxygens (including phenoxy) is 2. The summed E-state index contributed by atoms with van der Waals surface area (Å²) in [6.07, 6.45) is 2.47. The fourth-order valence-electron chi connectivity index (χ4n) is 5.66. The van der Waals surface area contributed by atoms with Crippen LogP contribution in [0.5, 0.6) is 0 Å². The van der Waals surface area contributed by atoms with Crippen molar-refractivity contribution in [3.63, 3.8) is 0 Å². The SMILES string of the molecule is NC(C(=O)Nc1cncc(F)c1CC[C@@H]1CNC[C@@H](COC(=O)NCCc2ccccc2)O1)C(c1ccc(F)cc1)c1ccc(F)cc1. The van der Waals surface area contributed by atoms with Gasteiger partial charge in [0.15, 0.2) is 0 Å². The van der Waals surface area contributed by atoms with E-state index >= 15 is 4.39 Å². The third kappa shape index (κ3) is 9.63. The van der Waals surface area contributed by atoms with E-state index < -0.39 is 47.5 Å². The van der Waals surface area contributed by atoms with Crippen molar-refractivity contribution < 1.29 is 32.2 Å². The zero-order valence-electron chi connectivity index (χ0n) is 26.2. The molecule has 0 bridgehead atoms. The maximum Gasteiger partial charge on any atom is 0.407 e. The smallest absolute Gasteiger partial charge is 0.407 e. The van der Waals surface area contributed by atoms with Crippen molar-refractivity contribution in [1.82, 2.24) is 15.6 Å². The molecule has 48 heavy (non-hydrogen) atoms. The number of benzene rings is 3. The second-order valence-electron chi connectivity index (χ2n) is 11.6. The molecule has 1 unspecified atom stereocenters. The number of hydrogen-bond acceptors (Lipinski definition) is 7. The maximum atomic E-state index is 15.1. The summed E-state index contributed by atoms with van der Waals surface area (Å²) in [6.45, 7) is 1.48. The monoisotopic (exact) mass is 661 g/mol. The van der Waals surface area contributed by atoms with Crippen LogP contribution < -0.4 is 21.7 Å². The van der Waals surface area contributed by atoms with E-state index in [1.807, 2.05) is 30.3 Å². The van der Waals surface area contributed by atoms with E-state index in [9.17, 15) is 18.4 Å². The lowest BCUT2D eigenvalue weighted by atomic mass is 9.85. The van der Waals surface area contributed by atoms with Crippen molar-refractivity contribution in [2.24, 2.45) is 5.73 Å². The van der Waals surface area contributed by atoms with E-state index in [4.69, 9.17) is 15.2 Å². The van der Waals surface area contributed by atoms with Crippen molar-refractivity contribution in [2.45, 2.75) is 43.4 Å². The summed E-state index contributed by atoms with van der Waals surface area (Å²) in [5.74, 6) is -2.90. The van der Waals surface area contributed by atoms with Crippen LogP contribution in [-0.2, 0) is 27.1 Å². The minimum Gasteiger partial charge on any atom is -0.447 e. The van der Waals surface area contributed by atoms with Crippen molar-refractivity contribution in [3.8, 4) is 0 Å². The number of nitrogens with zero attached hydrogens (tertiary/aromatic N) is 1. The van der Waals surface area contributed by atoms with Gasteiger partial charge in [-0.1, -0.05) is 54.6 Å². The Kier molecular flexibility index (Phi) is 12.1. The predicted octanol–water partition coefficient (Wildman–Crippen LogP) is 4.86. The number of rotatable bonds is 13. The maximum absolute atomic E-state index is 15.1. The van der Waals surface area contributed by atoms with Crippen molar-refractivity contribution in [3.05, 3.63) is 131 Å². The first-order chi connectivity index (χ1) is 23.3. The molecule has 2 heterocycles. The van der Waals surface area contributed by atoms with E-state index in [-0.39, 0.29) is 30.4 Å². The highest BCUT2D eigenvalue weighted by molar-refractivity contribution is 5.96. The number of carbonyl (C=O) groups is 2. The van der Waals surface area contributed by atoms with Crippen LogP contribution in [-0.4, -0.2) is 61.5 Å². The standard InChI is InChI=1S/C36H38F3N5O4/c37-26-10-6-24(7-11-26)33(25-8-12-27(38)13-9-25)34(40)35(45)44-32-21-42-20-31(39)30(32)15-14-28-18-41-19-29(48-28)22-47-36(46)43-17-16-23-4-2-1-3-5-23/h1-13,20-21,28-29,33-34,41H,14-19,22,40H2,(H,43,46)(H,44,45)/t28-,29+,34?/m1/s1. The summed E-state index contributed by atoms with van der Waals surface area (Å²) in [5, 5.41) is 8.71. The van der Waals surface area contributed by atoms with Crippen LogP contribution in [0.2, 0.25) is 0 Å². The van der Waals surface area contributed by atoms with Gasteiger partial charge in [0.25, 0.3) is 0 Å². The molecule has 2 amide bonds. The fourth-order valence-corrected chi connectivity index (χ4v) is 5.66. The highest BCUT2D eigenvalue weighted by atomic mass is 19.1. The lowest BCUT2D eigenvalue weighted by Gasteiger charge is -2.31. The lowest BCUT2D eigenvalue weighted by Crippen LogP contribution is -2.47. The Balaban J connectivity index is 1.16. The molecule has 3 aromatic carbocycles. The number of alkyl carbamates (subject to hydrolysis) is 1. The van der Waals surface area contributed by atoms with E-state index in [0.29, 0.717) is 43.6 Å². The summed E-state index contributed by atoms with van der Waals surface area (Å²) < 4.78 is 53.9. The molecule has 3 atom stereocenters. The summed E-state index contributed by atoms with van der Waals surface area (Å²) in [5.41, 5.74) is 9.05. The fraction of sp³-hybridized carbons (Fsp3) is 0.306. The van der Waals surface area contributed by atoms with Gasteiger partial charge in [-0.05, 0) is 60.2 Å². The number of amides is 2. The molecule has 0 aliphatic carbocycles. The van der Waals surface area contributed by atoms with Gasteiger partial charge in [-0.15, -0.1) is 0 Å². The Hall–Kier alpha value is -4.78. The van der Waals surface area contributed by atoms with E-state index in [1.54, 1.807) is 0 Å². The third-order valence-corrected chi connectivity index (χ3v) is 8.15. The van der Waals surface area contributed by atoms with Gasteiger partial charge in [-0.25, -0.2) is 18.0 Å². The highest BCUT2D eigenvalue weighted by Crippen LogP contribution is 2.29. The number of aromatic nitrogens is 1. The Morgan fingerprint density at radius 1 is 0.896 bits per heavy atom. The molecular formula is C36H38F3N5O4. The van der Waals surface area contributed by atoms with E-state index in [0.717, 1.165) is 11.8 Å². The van der Waals surface area contributed by atoms with Gasteiger partial charge >= 0.3 is 6.09 Å². The zero-order valence-corrected chi connectivity index (χ0v) is 26.2. The molecule has 5 rings (SSSR count). The van der Waals surface area contributed by atoms with E-state index in [1.165, 1.54) is 54.7 Å². The number of morpholine rings is 1. The van der Waals surface area contributed by atoms with Crippen LogP contribution >= 0.6 is 0 Å². The van der Waals surface area contributed by atoms with Crippen molar-refractivity contribution in [1.29, 1.82) is 0 Å². The Morgan fingerprint density at radius 3 is 2.21 bits per heavy atom. The third-order valence-electron chi connectivity index (χ3n) is 8.15. The van der Waals surface area contributed by atoms with E-state index in [2.05, 4.69) is 20.9 Å². The van der Waals surface area contributed by atoms with Crippen LogP contribution in [0.25, 0.3) is 0 Å². The predicted molar refractivity (Wildman–Crippen MR) is 175 cm³/mol. The highest BCUT2D eigenvalue weighted by Gasteiger charge is 2.29. The molecule has 1 aliphatic heterocycles. The second kappa shape index (κ2) is 16.9. The molecular weight excluding hydrogens is 623 g/mol. The first-order valence-corrected chi connectivity index (χ1v) is 15.8. The number of nitrogens with two attached hydrogens (primary N) is 1. The van der Waals surface area contributed by atoms with Crippen molar-refractivity contribution >= 4 is 17.7 Å². The molecule has 0 saturated carbocycles. The largest absolute Gasteiger partial charge is 0.447 e. The number of hydrogen-bond donors (Lipinski definition) is 4. The van der Waals surface area contributed by atoms with Gasteiger partial charge in [-0.3, -0.25) is 9.78 Å². The van der Waals surface area contributed by atoms with Crippen LogP contribution in [0.15, 0.2) is 91.3 Å². The normalized spacial score (nSPS) is 16.7. The number of carbonyl (C=O) groups excluding carboxylic acids is 2. The van der Waals surface area contributed by atoms with Gasteiger partial charge in [0.2, 0.25) is 5.91 Å². The first kappa shape index (κ1) is 34.6. The van der Waals surface area contributed by atoms with Crippen molar-refractivity contribution in [2.75, 3.05) is 31.6 Å². The number of halogens is 3. The van der Waals surface area contributed by atoms with Crippen LogP contribution in [0.4, 0.5) is 23.7 Å². The molecule has 1 aliphatic rings. The molecule has 5 N–H and O–H groups in total. The molecule has 252 valence electrons. The second-order valence-corrected chi connectivity index (χ2v) is 11.6. The molecule has 9 nitrogen and oxygen atoms in total. The average Bonchev–Trinajstić information content (AvgIpc) is 3.09. The Labute approximate surface area is 277 Å². The topological polar surface area (TPSA) is 128 Å². The summed E-state index contributed by atoms with van der Waals surface area (Å²) in [4.78, 5) is 29.6. The minimum atomic E-state index is -1.20. The molecule has 0 radical (unpaired) electrons. The van der Waals surface area contributed by atoms with Crippen LogP contribution in [0.1, 0.15) is 34.6 Å². The van der Waals surface area contributed by atoms with Gasteiger partial charge < -0.3 is 31.2 Å². The van der Waals surface area contributed by atoms with Gasteiger partial charge in [0.1, 0.15) is 30.2 Å². The molecule has 1 fully saturated rings. The molecule has 4 aromatic rings. The number of nitrogens with one attached hydrogen (secondary N) is 3. The summed E-state index contributed by atoms with van der Waals surface area (Å²) >= 11 is 0. The quantitative estimate of drug-likeness (QED) is 0.161. The molecule has 0 spiro atoms. The minimum absolute atomic E-state index is 0.0484. The Bertz CT molecular complexity index is 1600. The molecule has 1 aromatic heterocycles. The Morgan fingerprint density at radius 2 is 1.54 bits per heavy atom. The van der Waals surface area contributed by atoms with Gasteiger partial charge in [0, 0.05) is 31.1 Å². The summed E-state index contributed by atoms with van der Waals surface area (Å²) in [6, 6.07) is 19.7.